The molecule has 0 spiro atoms. The molecule has 21 heavy (non-hydrogen) atoms. The minimum absolute atomic E-state index is 0.222. The zero-order valence-corrected chi connectivity index (χ0v) is 13.9. The minimum Gasteiger partial charge on any atom is -0.469 e. The molecule has 0 aliphatic carbocycles. The van der Waals surface area contributed by atoms with Crippen molar-refractivity contribution in [3.8, 4) is 0 Å². The normalized spacial score (nSPS) is 12.6. The molecule has 0 saturated carbocycles. The van der Waals surface area contributed by atoms with Crippen LogP contribution in [0.15, 0.2) is 28.9 Å². The van der Waals surface area contributed by atoms with Crippen molar-refractivity contribution in [1.29, 1.82) is 0 Å². The van der Waals surface area contributed by atoms with Crippen LogP contribution in [0, 0.1) is 20.8 Å². The maximum absolute atomic E-state index is 5.66. The van der Waals surface area contributed by atoms with Gasteiger partial charge >= 0.3 is 0 Å². The van der Waals surface area contributed by atoms with E-state index in [1.165, 1.54) is 27.8 Å². The van der Waals surface area contributed by atoms with E-state index < -0.39 is 0 Å². The van der Waals surface area contributed by atoms with Crippen molar-refractivity contribution in [2.24, 2.45) is 0 Å². The zero-order chi connectivity index (χ0) is 15.4. The van der Waals surface area contributed by atoms with E-state index in [0.29, 0.717) is 0 Å². The Morgan fingerprint density at radius 1 is 1.10 bits per heavy atom. The molecular formula is C19H27NO. The molecule has 1 heterocycles. The Morgan fingerprint density at radius 3 is 2.33 bits per heavy atom. The van der Waals surface area contributed by atoms with E-state index >= 15 is 0 Å². The first kappa shape index (κ1) is 15.8. The van der Waals surface area contributed by atoms with Crippen molar-refractivity contribution in [3.05, 3.63) is 58.0 Å². The average molecular weight is 285 g/mol. The van der Waals surface area contributed by atoms with Crippen LogP contribution in [0.2, 0.25) is 0 Å². The van der Waals surface area contributed by atoms with Gasteiger partial charge in [0.05, 0.1) is 12.3 Å². The number of aryl methyl sites for hydroxylation is 4. The van der Waals surface area contributed by atoms with Gasteiger partial charge in [-0.15, -0.1) is 0 Å². The fourth-order valence-corrected chi connectivity index (χ4v) is 3.20. The van der Waals surface area contributed by atoms with Crippen LogP contribution in [0.5, 0.6) is 0 Å². The van der Waals surface area contributed by atoms with E-state index in [-0.39, 0.29) is 6.04 Å². The standard InChI is InChI=1S/C19H27NO/c1-6-9-20-19(16-8-10-21-17(16)7-2)18-14(4)11-13(3)12-15(18)5/h8,10-12,19-20H,6-7,9H2,1-5H3. The van der Waals surface area contributed by atoms with Crippen LogP contribution in [0.4, 0.5) is 0 Å². The average Bonchev–Trinajstić information content (AvgIpc) is 2.89. The first-order chi connectivity index (χ1) is 10.1. The number of furan rings is 1. The largest absolute Gasteiger partial charge is 0.469 e. The Bertz CT molecular complexity index is 574. The molecule has 0 radical (unpaired) electrons. The summed E-state index contributed by atoms with van der Waals surface area (Å²) in [5.41, 5.74) is 6.70. The van der Waals surface area contributed by atoms with E-state index in [2.05, 4.69) is 58.1 Å². The fourth-order valence-electron chi connectivity index (χ4n) is 3.20. The third-order valence-corrected chi connectivity index (χ3v) is 4.04. The quantitative estimate of drug-likeness (QED) is 0.820. The van der Waals surface area contributed by atoms with Gasteiger partial charge in [0.25, 0.3) is 0 Å². The van der Waals surface area contributed by atoms with E-state index in [1.807, 2.05) is 6.26 Å². The predicted molar refractivity (Wildman–Crippen MR) is 88.9 cm³/mol. The van der Waals surface area contributed by atoms with Gasteiger partial charge < -0.3 is 9.73 Å². The molecule has 0 amide bonds. The lowest BCUT2D eigenvalue weighted by molar-refractivity contribution is 0.499. The van der Waals surface area contributed by atoms with Gasteiger partial charge in [0.15, 0.2) is 0 Å². The van der Waals surface area contributed by atoms with Crippen LogP contribution in [-0.2, 0) is 6.42 Å². The molecule has 2 aromatic rings. The monoisotopic (exact) mass is 285 g/mol. The fraction of sp³-hybridized carbons (Fsp3) is 0.474. The Kier molecular flexibility index (Phi) is 5.24. The van der Waals surface area contributed by atoms with Gasteiger partial charge in [-0.3, -0.25) is 0 Å². The highest BCUT2D eigenvalue weighted by Crippen LogP contribution is 2.31. The van der Waals surface area contributed by atoms with Crippen molar-refractivity contribution in [3.63, 3.8) is 0 Å². The van der Waals surface area contributed by atoms with Crippen molar-refractivity contribution < 1.29 is 4.42 Å². The summed E-state index contributed by atoms with van der Waals surface area (Å²) in [6.07, 6.45) is 3.87. The second-order valence-corrected chi connectivity index (χ2v) is 5.85. The van der Waals surface area contributed by atoms with Crippen molar-refractivity contribution in [2.45, 2.75) is 53.5 Å². The molecule has 2 nitrogen and oxygen atoms in total. The first-order valence-corrected chi connectivity index (χ1v) is 7.95. The lowest BCUT2D eigenvalue weighted by Crippen LogP contribution is -2.25. The molecule has 0 saturated heterocycles. The molecule has 0 fully saturated rings. The number of hydrogen-bond acceptors (Lipinski definition) is 2. The van der Waals surface area contributed by atoms with Crippen molar-refractivity contribution >= 4 is 0 Å². The summed E-state index contributed by atoms with van der Waals surface area (Å²) in [4.78, 5) is 0. The van der Waals surface area contributed by atoms with E-state index in [1.54, 1.807) is 0 Å². The van der Waals surface area contributed by atoms with E-state index in [0.717, 1.165) is 25.1 Å². The lowest BCUT2D eigenvalue weighted by atomic mass is 9.89. The molecule has 2 rings (SSSR count). The number of benzene rings is 1. The molecule has 1 atom stereocenters. The maximum atomic E-state index is 5.66. The van der Waals surface area contributed by atoms with E-state index in [9.17, 15) is 0 Å². The Labute approximate surface area is 128 Å². The molecule has 1 N–H and O–H groups in total. The zero-order valence-electron chi connectivity index (χ0n) is 13.9. The van der Waals surface area contributed by atoms with Gasteiger partial charge in [0, 0.05) is 12.0 Å². The highest BCUT2D eigenvalue weighted by atomic mass is 16.3. The minimum atomic E-state index is 0.222. The topological polar surface area (TPSA) is 25.2 Å². The molecule has 0 aliphatic rings. The van der Waals surface area contributed by atoms with Gasteiger partial charge in [0.2, 0.25) is 0 Å². The molecule has 1 aromatic carbocycles. The Balaban J connectivity index is 2.51. The van der Waals surface area contributed by atoms with Crippen LogP contribution in [0.3, 0.4) is 0 Å². The molecular weight excluding hydrogens is 258 g/mol. The Hall–Kier alpha value is -1.54. The van der Waals surface area contributed by atoms with Crippen LogP contribution in [-0.4, -0.2) is 6.54 Å². The van der Waals surface area contributed by atoms with Gasteiger partial charge in [-0.2, -0.15) is 0 Å². The maximum Gasteiger partial charge on any atom is 0.108 e. The summed E-state index contributed by atoms with van der Waals surface area (Å²) in [6, 6.07) is 6.88. The molecule has 1 unspecified atom stereocenters. The van der Waals surface area contributed by atoms with Gasteiger partial charge in [-0.1, -0.05) is 31.5 Å². The van der Waals surface area contributed by atoms with Crippen LogP contribution < -0.4 is 5.32 Å². The predicted octanol–water partition coefficient (Wildman–Crippen LogP) is 4.86. The summed E-state index contributed by atoms with van der Waals surface area (Å²) in [5.74, 6) is 1.09. The summed E-state index contributed by atoms with van der Waals surface area (Å²) >= 11 is 0. The smallest absolute Gasteiger partial charge is 0.108 e. The SMILES string of the molecule is CCCNC(c1ccoc1CC)c1c(C)cc(C)cc1C. The summed E-state index contributed by atoms with van der Waals surface area (Å²) in [7, 11) is 0. The molecule has 114 valence electrons. The third kappa shape index (κ3) is 3.38. The molecule has 2 heteroatoms. The second kappa shape index (κ2) is 6.95. The highest BCUT2D eigenvalue weighted by molar-refractivity contribution is 5.44. The van der Waals surface area contributed by atoms with Crippen molar-refractivity contribution in [1.82, 2.24) is 5.32 Å². The Morgan fingerprint density at radius 2 is 1.76 bits per heavy atom. The van der Waals surface area contributed by atoms with Crippen LogP contribution >= 0.6 is 0 Å². The summed E-state index contributed by atoms with van der Waals surface area (Å²) in [5, 5.41) is 3.70. The lowest BCUT2D eigenvalue weighted by Gasteiger charge is -2.23. The van der Waals surface area contributed by atoms with E-state index in [4.69, 9.17) is 4.42 Å². The number of rotatable bonds is 6. The third-order valence-electron chi connectivity index (χ3n) is 4.04. The number of nitrogens with one attached hydrogen (secondary N) is 1. The highest BCUT2D eigenvalue weighted by Gasteiger charge is 2.21. The van der Waals surface area contributed by atoms with Gasteiger partial charge in [-0.25, -0.2) is 0 Å². The molecule has 1 aromatic heterocycles. The second-order valence-electron chi connectivity index (χ2n) is 5.85. The van der Waals surface area contributed by atoms with Gasteiger partial charge in [0.1, 0.15) is 5.76 Å². The van der Waals surface area contributed by atoms with Gasteiger partial charge in [-0.05, 0) is 56.5 Å². The summed E-state index contributed by atoms with van der Waals surface area (Å²) < 4.78 is 5.66. The van der Waals surface area contributed by atoms with Crippen molar-refractivity contribution in [2.75, 3.05) is 6.54 Å². The first-order valence-electron chi connectivity index (χ1n) is 7.95. The number of hydrogen-bond donors (Lipinski definition) is 1. The van der Waals surface area contributed by atoms with Crippen LogP contribution in [0.1, 0.15) is 59.9 Å². The molecule has 0 aliphatic heterocycles. The van der Waals surface area contributed by atoms with Crippen LogP contribution in [0.25, 0.3) is 0 Å². The molecule has 0 bridgehead atoms. The summed E-state index contributed by atoms with van der Waals surface area (Å²) in [6.45, 7) is 11.9.